The number of thiol groups is 1. The number of amides is 2. The first kappa shape index (κ1) is 17.6. The van der Waals surface area contributed by atoms with E-state index in [1.807, 2.05) is 19.2 Å². The second-order valence-electron chi connectivity index (χ2n) is 2.51. The van der Waals surface area contributed by atoms with Crippen molar-refractivity contribution in [3.63, 3.8) is 0 Å². The van der Waals surface area contributed by atoms with E-state index in [-0.39, 0.29) is 5.75 Å². The summed E-state index contributed by atoms with van der Waals surface area (Å²) in [4.78, 5) is 21.9. The molecule has 16 heavy (non-hydrogen) atoms. The summed E-state index contributed by atoms with van der Waals surface area (Å²) in [5, 5.41) is 6.61. The van der Waals surface area contributed by atoms with Crippen LogP contribution in [-0.4, -0.2) is 44.0 Å². The lowest BCUT2D eigenvalue weighted by Crippen LogP contribution is -2.50. The molecule has 0 aromatic heterocycles. The van der Waals surface area contributed by atoms with Crippen molar-refractivity contribution in [2.45, 2.75) is 26.2 Å². The van der Waals surface area contributed by atoms with E-state index in [0.29, 0.717) is 0 Å². The standard InChI is InChI=1S/C7H14FN3O2S.C2H6/c1-9-4(3-14)6(12)11-5(8)7(13)10-2;1-2/h4-5,9,14H,3H2,1-2H3,(H,10,13)(H,11,12);1-2H3. The normalized spacial score (nSPS) is 12.9. The van der Waals surface area contributed by atoms with Crippen LogP contribution in [0.4, 0.5) is 4.39 Å². The highest BCUT2D eigenvalue weighted by Crippen LogP contribution is 1.91. The van der Waals surface area contributed by atoms with Gasteiger partial charge in [0.1, 0.15) is 0 Å². The quantitative estimate of drug-likeness (QED) is 0.401. The molecule has 0 fully saturated rings. The topological polar surface area (TPSA) is 70.2 Å². The number of hydrogen-bond acceptors (Lipinski definition) is 4. The van der Waals surface area contributed by atoms with Gasteiger partial charge in [0.2, 0.25) is 5.91 Å². The van der Waals surface area contributed by atoms with Gasteiger partial charge in [0.25, 0.3) is 12.2 Å². The fourth-order valence-corrected chi connectivity index (χ4v) is 1.07. The lowest BCUT2D eigenvalue weighted by atomic mass is 10.3. The third kappa shape index (κ3) is 6.62. The molecule has 2 amide bonds. The predicted octanol–water partition coefficient (Wildman–Crippen LogP) is -0.312. The minimum absolute atomic E-state index is 0.225. The van der Waals surface area contributed by atoms with Crippen LogP contribution in [0.25, 0.3) is 0 Å². The lowest BCUT2D eigenvalue weighted by Gasteiger charge is -2.15. The second-order valence-corrected chi connectivity index (χ2v) is 2.87. The van der Waals surface area contributed by atoms with Crippen molar-refractivity contribution in [1.29, 1.82) is 0 Å². The Kier molecular flexibility index (Phi) is 11.7. The zero-order valence-electron chi connectivity index (χ0n) is 10.0. The Balaban J connectivity index is 0. The average Bonchev–Trinajstić information content (AvgIpc) is 2.32. The molecule has 0 aliphatic heterocycles. The van der Waals surface area contributed by atoms with Crippen molar-refractivity contribution < 1.29 is 14.0 Å². The largest absolute Gasteiger partial charge is 0.355 e. The summed E-state index contributed by atoms with van der Waals surface area (Å²) < 4.78 is 12.9. The van der Waals surface area contributed by atoms with Gasteiger partial charge in [0, 0.05) is 12.8 Å². The predicted molar refractivity (Wildman–Crippen MR) is 65.2 cm³/mol. The number of hydrogen-bond donors (Lipinski definition) is 4. The first-order valence-corrected chi connectivity index (χ1v) is 5.64. The molecule has 96 valence electrons. The third-order valence-electron chi connectivity index (χ3n) is 1.59. The number of nitrogens with one attached hydrogen (secondary N) is 3. The molecule has 5 nitrogen and oxygen atoms in total. The molecule has 0 aromatic carbocycles. The monoisotopic (exact) mass is 253 g/mol. The lowest BCUT2D eigenvalue weighted by molar-refractivity contribution is -0.133. The SMILES string of the molecule is CC.CNC(=O)C(F)NC(=O)C(CS)NC. The van der Waals surface area contributed by atoms with Gasteiger partial charge in [-0.05, 0) is 7.05 Å². The van der Waals surface area contributed by atoms with Gasteiger partial charge in [-0.25, -0.2) is 4.39 Å². The van der Waals surface area contributed by atoms with E-state index >= 15 is 0 Å². The maximum atomic E-state index is 12.9. The fraction of sp³-hybridized carbons (Fsp3) is 0.778. The second kappa shape index (κ2) is 10.7. The molecule has 0 radical (unpaired) electrons. The summed E-state index contributed by atoms with van der Waals surface area (Å²) in [7, 11) is 2.84. The maximum Gasteiger partial charge on any atom is 0.275 e. The van der Waals surface area contributed by atoms with Crippen LogP contribution in [0.15, 0.2) is 0 Å². The van der Waals surface area contributed by atoms with Gasteiger partial charge in [-0.15, -0.1) is 0 Å². The molecule has 0 spiro atoms. The van der Waals surface area contributed by atoms with Crippen LogP contribution in [0.5, 0.6) is 0 Å². The highest BCUT2D eigenvalue weighted by Gasteiger charge is 2.22. The number of rotatable bonds is 5. The van der Waals surface area contributed by atoms with E-state index < -0.39 is 24.2 Å². The Bertz CT molecular complexity index is 213. The minimum Gasteiger partial charge on any atom is -0.355 e. The number of likely N-dealkylation sites (N-methyl/N-ethyl adjacent to an activating group) is 2. The van der Waals surface area contributed by atoms with Crippen LogP contribution in [0.1, 0.15) is 13.8 Å². The van der Waals surface area contributed by atoms with E-state index in [1.54, 1.807) is 7.05 Å². The Morgan fingerprint density at radius 3 is 2.06 bits per heavy atom. The van der Waals surface area contributed by atoms with Crippen LogP contribution in [0.3, 0.4) is 0 Å². The number of carbonyl (C=O) groups excluding carboxylic acids is 2. The maximum absolute atomic E-state index is 12.9. The molecule has 0 aliphatic rings. The molecule has 7 heteroatoms. The molecule has 0 rings (SSSR count). The van der Waals surface area contributed by atoms with Crippen molar-refractivity contribution >= 4 is 24.4 Å². The van der Waals surface area contributed by atoms with Crippen molar-refractivity contribution in [3.05, 3.63) is 0 Å². The highest BCUT2D eigenvalue weighted by molar-refractivity contribution is 7.80. The van der Waals surface area contributed by atoms with Crippen LogP contribution in [0, 0.1) is 0 Å². The average molecular weight is 253 g/mol. The zero-order chi connectivity index (χ0) is 13.1. The molecule has 0 aromatic rings. The van der Waals surface area contributed by atoms with E-state index in [0.717, 1.165) is 0 Å². The third-order valence-corrected chi connectivity index (χ3v) is 1.96. The molecule has 0 saturated carbocycles. The summed E-state index contributed by atoms with van der Waals surface area (Å²) in [6, 6.07) is -0.610. The molecule has 2 unspecified atom stereocenters. The van der Waals surface area contributed by atoms with Crippen LogP contribution >= 0.6 is 12.6 Å². The number of halogens is 1. The van der Waals surface area contributed by atoms with Crippen molar-refractivity contribution in [3.8, 4) is 0 Å². The smallest absolute Gasteiger partial charge is 0.275 e. The Morgan fingerprint density at radius 2 is 1.75 bits per heavy atom. The van der Waals surface area contributed by atoms with Crippen molar-refractivity contribution in [2.75, 3.05) is 19.8 Å². The van der Waals surface area contributed by atoms with Crippen LogP contribution in [-0.2, 0) is 9.59 Å². The summed E-state index contributed by atoms with van der Waals surface area (Å²) >= 11 is 3.89. The summed E-state index contributed by atoms with van der Waals surface area (Å²) in [6.45, 7) is 4.00. The molecule has 0 saturated heterocycles. The van der Waals surface area contributed by atoms with Gasteiger partial charge < -0.3 is 16.0 Å². The first-order chi connectivity index (χ1) is 7.56. The van der Waals surface area contributed by atoms with Crippen molar-refractivity contribution in [2.24, 2.45) is 0 Å². The molecule has 0 aliphatic carbocycles. The summed E-state index contributed by atoms with van der Waals surface area (Å²) in [5.74, 6) is -1.26. The minimum atomic E-state index is -2.02. The molecule has 0 heterocycles. The van der Waals surface area contributed by atoms with E-state index in [2.05, 4.69) is 23.3 Å². The zero-order valence-corrected chi connectivity index (χ0v) is 10.9. The number of alkyl halides is 1. The molecule has 2 atom stereocenters. The van der Waals surface area contributed by atoms with Gasteiger partial charge in [-0.3, -0.25) is 9.59 Å². The Hall–Kier alpha value is -0.820. The van der Waals surface area contributed by atoms with Crippen LogP contribution < -0.4 is 16.0 Å². The summed E-state index contributed by atoms with van der Waals surface area (Å²) in [5.41, 5.74) is 0. The van der Waals surface area contributed by atoms with Gasteiger partial charge >= 0.3 is 0 Å². The number of carbonyl (C=O) groups is 2. The Labute approximate surface area is 101 Å². The van der Waals surface area contributed by atoms with Crippen LogP contribution in [0.2, 0.25) is 0 Å². The highest BCUT2D eigenvalue weighted by atomic mass is 32.1. The van der Waals surface area contributed by atoms with E-state index in [1.165, 1.54) is 7.05 Å². The van der Waals surface area contributed by atoms with Gasteiger partial charge in [-0.2, -0.15) is 12.6 Å². The van der Waals surface area contributed by atoms with Gasteiger partial charge in [-0.1, -0.05) is 13.8 Å². The van der Waals surface area contributed by atoms with Gasteiger partial charge in [0.05, 0.1) is 6.04 Å². The molecule has 0 bridgehead atoms. The fourth-order valence-electron chi connectivity index (χ4n) is 0.723. The van der Waals surface area contributed by atoms with Gasteiger partial charge in [0.15, 0.2) is 0 Å². The molecular formula is C9H20FN3O2S. The molecular weight excluding hydrogens is 233 g/mol. The Morgan fingerprint density at radius 1 is 1.25 bits per heavy atom. The first-order valence-electron chi connectivity index (χ1n) is 5.01. The van der Waals surface area contributed by atoms with E-state index in [4.69, 9.17) is 0 Å². The van der Waals surface area contributed by atoms with E-state index in [9.17, 15) is 14.0 Å². The van der Waals surface area contributed by atoms with Crippen molar-refractivity contribution in [1.82, 2.24) is 16.0 Å². The molecule has 3 N–H and O–H groups in total. The summed E-state index contributed by atoms with van der Waals surface area (Å²) in [6.07, 6.45) is -2.02.